The Morgan fingerprint density at radius 1 is 1.21 bits per heavy atom. The molecule has 0 bridgehead atoms. The van der Waals surface area contributed by atoms with Crippen molar-refractivity contribution >= 4 is 16.5 Å². The van der Waals surface area contributed by atoms with E-state index in [-0.39, 0.29) is 5.69 Å². The van der Waals surface area contributed by atoms with Crippen LogP contribution in [0.25, 0.3) is 0 Å². The number of hydrogen-bond donors (Lipinski definition) is 1. The quantitative estimate of drug-likeness (QED) is 0.619. The maximum atomic E-state index is 12.9. The maximum Gasteiger partial charge on any atom is 0.316 e. The summed E-state index contributed by atoms with van der Waals surface area (Å²) in [5.41, 5.74) is 4.78. The lowest BCUT2D eigenvalue weighted by Gasteiger charge is -2.04. The highest BCUT2D eigenvalue weighted by molar-refractivity contribution is 7.85. The van der Waals surface area contributed by atoms with Crippen LogP contribution in [0.15, 0.2) is 17.0 Å². The molecule has 0 amide bonds. The van der Waals surface area contributed by atoms with Gasteiger partial charge in [-0.25, -0.2) is 13.0 Å². The van der Waals surface area contributed by atoms with Gasteiger partial charge < -0.3 is 5.73 Å². The predicted molar refractivity (Wildman–Crippen MR) is 43.2 cm³/mol. The molecule has 78 valence electrons. The van der Waals surface area contributed by atoms with Crippen molar-refractivity contribution in [2.45, 2.75) is 10.7 Å². The number of rotatable bonds is 2. The van der Waals surface area contributed by atoms with Gasteiger partial charge >= 0.3 is 5.76 Å². The summed E-state index contributed by atoms with van der Waals surface area (Å²) in [6, 6.07) is 1.28. The van der Waals surface area contributed by atoms with Crippen molar-refractivity contribution in [2.75, 3.05) is 5.73 Å². The molecule has 2 N–H and O–H groups in total. The molecule has 0 saturated carbocycles. The van der Waals surface area contributed by atoms with Gasteiger partial charge in [0.25, 0.3) is 0 Å². The van der Waals surface area contributed by atoms with E-state index < -0.39 is 33.1 Å². The van der Waals surface area contributed by atoms with Crippen molar-refractivity contribution in [2.24, 2.45) is 0 Å². The largest absolute Gasteiger partial charge is 0.399 e. The first-order chi connectivity index (χ1) is 6.43. The molecule has 0 heterocycles. The van der Waals surface area contributed by atoms with Gasteiger partial charge in [0, 0.05) is 5.69 Å². The molecular weight excluding hydrogens is 222 g/mol. The Balaban J connectivity index is 3.28. The van der Waals surface area contributed by atoms with Crippen LogP contribution in [0.5, 0.6) is 0 Å². The van der Waals surface area contributed by atoms with Crippen LogP contribution in [-0.2, 0) is 10.8 Å². The minimum absolute atomic E-state index is 0.255. The molecule has 0 aliphatic rings. The Hall–Kier alpha value is -1.11. The van der Waals surface area contributed by atoms with E-state index in [0.29, 0.717) is 12.1 Å². The smallest absolute Gasteiger partial charge is 0.316 e. The van der Waals surface area contributed by atoms with Crippen molar-refractivity contribution < 1.29 is 21.8 Å². The molecule has 1 aromatic carbocycles. The summed E-state index contributed by atoms with van der Waals surface area (Å²) in [4.78, 5) is -1.14. The van der Waals surface area contributed by atoms with E-state index in [1.54, 1.807) is 0 Å². The molecular formula is C7H5F4NOS. The van der Waals surface area contributed by atoms with Crippen LogP contribution in [-0.4, -0.2) is 9.97 Å². The lowest BCUT2D eigenvalue weighted by Crippen LogP contribution is -2.08. The summed E-state index contributed by atoms with van der Waals surface area (Å²) in [7, 11) is -3.01. The van der Waals surface area contributed by atoms with Gasteiger partial charge in [-0.3, -0.25) is 0 Å². The number of anilines is 1. The molecule has 7 heteroatoms. The number of nitrogens with two attached hydrogens (primary N) is 1. The van der Waals surface area contributed by atoms with Gasteiger partial charge in [-0.2, -0.15) is 8.78 Å². The van der Waals surface area contributed by atoms with Crippen LogP contribution in [0, 0.1) is 11.6 Å². The molecule has 0 saturated heterocycles. The van der Waals surface area contributed by atoms with E-state index in [9.17, 15) is 21.8 Å². The third kappa shape index (κ3) is 2.03. The van der Waals surface area contributed by atoms with Crippen molar-refractivity contribution in [1.82, 2.24) is 0 Å². The molecule has 2 nitrogen and oxygen atoms in total. The van der Waals surface area contributed by atoms with Crippen molar-refractivity contribution in [3.05, 3.63) is 23.8 Å². The number of nitrogen functional groups attached to an aromatic ring is 1. The fraction of sp³-hybridized carbons (Fsp3) is 0.143. The minimum atomic E-state index is -3.33. The standard InChI is InChI=1S/C7H5F4NOS/c8-4-1-3(12)2-5(9)6(4)14(13)7(10)11/h1-2,7H,12H2. The molecule has 0 fully saturated rings. The zero-order valence-electron chi connectivity index (χ0n) is 6.64. The fourth-order valence-corrected chi connectivity index (χ4v) is 1.54. The summed E-state index contributed by atoms with van der Waals surface area (Å²) in [5.74, 6) is -6.00. The minimum Gasteiger partial charge on any atom is -0.399 e. The van der Waals surface area contributed by atoms with Crippen molar-refractivity contribution in [3.63, 3.8) is 0 Å². The molecule has 0 aliphatic heterocycles. The zero-order valence-corrected chi connectivity index (χ0v) is 7.45. The summed E-state index contributed by atoms with van der Waals surface area (Å²) in [6.07, 6.45) is 0. The van der Waals surface area contributed by atoms with Crippen LogP contribution < -0.4 is 5.73 Å². The van der Waals surface area contributed by atoms with Crippen LogP contribution >= 0.6 is 0 Å². The first kappa shape index (κ1) is 11.0. The van der Waals surface area contributed by atoms with Crippen LogP contribution in [0.2, 0.25) is 0 Å². The second-order valence-electron chi connectivity index (χ2n) is 2.37. The van der Waals surface area contributed by atoms with E-state index in [4.69, 9.17) is 5.73 Å². The highest BCUT2D eigenvalue weighted by Gasteiger charge is 2.23. The highest BCUT2D eigenvalue weighted by Crippen LogP contribution is 2.23. The van der Waals surface area contributed by atoms with Crippen molar-refractivity contribution in [3.8, 4) is 0 Å². The molecule has 1 rings (SSSR count). The molecule has 14 heavy (non-hydrogen) atoms. The number of hydrogen-bond acceptors (Lipinski definition) is 2. The summed E-state index contributed by atoms with van der Waals surface area (Å²) < 4.78 is 60.3. The third-order valence-electron chi connectivity index (χ3n) is 1.38. The van der Waals surface area contributed by atoms with E-state index in [1.807, 2.05) is 0 Å². The molecule has 1 unspecified atom stereocenters. The average molecular weight is 227 g/mol. The van der Waals surface area contributed by atoms with E-state index in [2.05, 4.69) is 0 Å². The lowest BCUT2D eigenvalue weighted by atomic mass is 10.3. The van der Waals surface area contributed by atoms with Gasteiger partial charge in [0.15, 0.2) is 0 Å². The first-order valence-corrected chi connectivity index (χ1v) is 4.58. The second-order valence-corrected chi connectivity index (χ2v) is 3.73. The second kappa shape index (κ2) is 3.95. The monoisotopic (exact) mass is 227 g/mol. The van der Waals surface area contributed by atoms with Crippen LogP contribution in [0.1, 0.15) is 0 Å². The van der Waals surface area contributed by atoms with E-state index in [1.165, 1.54) is 0 Å². The topological polar surface area (TPSA) is 43.1 Å². The van der Waals surface area contributed by atoms with Gasteiger partial charge in [-0.1, -0.05) is 0 Å². The Morgan fingerprint density at radius 3 is 2.00 bits per heavy atom. The normalized spacial score (nSPS) is 13.2. The van der Waals surface area contributed by atoms with Crippen molar-refractivity contribution in [1.29, 1.82) is 0 Å². The molecule has 1 atom stereocenters. The molecule has 1 aromatic rings. The SMILES string of the molecule is Nc1cc(F)c(S(=O)C(F)F)c(F)c1. The Kier molecular flexibility index (Phi) is 3.10. The predicted octanol–water partition coefficient (Wildman–Crippen LogP) is 1.88. The Labute approximate surface area is 79.2 Å². The third-order valence-corrected chi connectivity index (χ3v) is 2.50. The number of benzene rings is 1. The first-order valence-electron chi connectivity index (χ1n) is 3.36. The van der Waals surface area contributed by atoms with Gasteiger partial charge in [0.1, 0.15) is 27.3 Å². The molecule has 0 aliphatic carbocycles. The maximum absolute atomic E-state index is 12.9. The Bertz CT molecular complexity index is 359. The van der Waals surface area contributed by atoms with Gasteiger partial charge in [0.2, 0.25) is 0 Å². The van der Waals surface area contributed by atoms with Gasteiger partial charge in [-0.15, -0.1) is 0 Å². The summed E-state index contributed by atoms with van der Waals surface area (Å²) in [5, 5.41) is 0. The number of halogens is 4. The van der Waals surface area contributed by atoms with Crippen LogP contribution in [0.4, 0.5) is 23.2 Å². The van der Waals surface area contributed by atoms with E-state index in [0.717, 1.165) is 0 Å². The highest BCUT2D eigenvalue weighted by atomic mass is 32.2. The van der Waals surface area contributed by atoms with E-state index >= 15 is 0 Å². The van der Waals surface area contributed by atoms with Gasteiger partial charge in [-0.05, 0) is 12.1 Å². The summed E-state index contributed by atoms with van der Waals surface area (Å²) in [6.45, 7) is 0. The molecule has 0 spiro atoms. The molecule has 0 radical (unpaired) electrons. The fourth-order valence-electron chi connectivity index (χ4n) is 0.861. The van der Waals surface area contributed by atoms with Gasteiger partial charge in [0.05, 0.1) is 0 Å². The average Bonchev–Trinajstić information content (AvgIpc) is 2.01. The summed E-state index contributed by atoms with van der Waals surface area (Å²) >= 11 is 0. The molecule has 0 aromatic heterocycles. The number of alkyl halides is 2. The zero-order chi connectivity index (χ0) is 10.9. The lowest BCUT2D eigenvalue weighted by molar-refractivity contribution is 0.243. The van der Waals surface area contributed by atoms with Crippen LogP contribution in [0.3, 0.4) is 0 Å². The Morgan fingerprint density at radius 2 is 1.64 bits per heavy atom.